The highest BCUT2D eigenvalue weighted by molar-refractivity contribution is 7.91. The maximum atomic E-state index is 12.1. The van der Waals surface area contributed by atoms with E-state index in [2.05, 4.69) is 39.9 Å². The second-order valence-electron chi connectivity index (χ2n) is 7.50. The van der Waals surface area contributed by atoms with E-state index in [1.807, 2.05) is 6.07 Å². The van der Waals surface area contributed by atoms with Crippen molar-refractivity contribution < 1.29 is 8.42 Å². The van der Waals surface area contributed by atoms with Crippen molar-refractivity contribution in [2.24, 2.45) is 0 Å². The topological polar surface area (TPSA) is 66.4 Å². The van der Waals surface area contributed by atoms with Gasteiger partial charge in [0.2, 0.25) is 0 Å². The Labute approximate surface area is 183 Å². The molecule has 0 saturated carbocycles. The van der Waals surface area contributed by atoms with Gasteiger partial charge in [0.05, 0.1) is 19.8 Å². The molecule has 3 heterocycles. The maximum absolute atomic E-state index is 12.1. The Bertz CT molecular complexity index is 1340. The number of sulfone groups is 1. The number of para-hydroxylation sites is 1. The summed E-state index contributed by atoms with van der Waals surface area (Å²) >= 11 is 3.31. The molecule has 1 aliphatic heterocycles. The van der Waals surface area contributed by atoms with Gasteiger partial charge in [-0.3, -0.25) is 0 Å². The van der Waals surface area contributed by atoms with Crippen LogP contribution in [0.5, 0.6) is 0 Å². The first-order valence-corrected chi connectivity index (χ1v) is 13.4. The zero-order valence-corrected chi connectivity index (χ0v) is 19.3. The average molecular weight is 459 g/mol. The average Bonchev–Trinajstić information content (AvgIpc) is 3.36. The lowest BCUT2D eigenvalue weighted by Crippen LogP contribution is -2.46. The fraction of sp³-hybridized carbons (Fsp3) is 0.333. The van der Waals surface area contributed by atoms with Crippen LogP contribution in [0, 0.1) is 0 Å². The fourth-order valence-corrected chi connectivity index (χ4v) is 6.77. The lowest BCUT2D eigenvalue weighted by atomic mass is 10.2. The highest BCUT2D eigenvalue weighted by atomic mass is 32.2. The van der Waals surface area contributed by atoms with Crippen molar-refractivity contribution in [3.8, 4) is 0 Å². The van der Waals surface area contributed by atoms with Crippen molar-refractivity contribution in [1.29, 1.82) is 0 Å². The van der Waals surface area contributed by atoms with Crippen LogP contribution in [0.4, 0.5) is 10.3 Å². The van der Waals surface area contributed by atoms with E-state index in [0.717, 1.165) is 53.1 Å². The van der Waals surface area contributed by atoms with Gasteiger partial charge in [-0.1, -0.05) is 41.7 Å². The van der Waals surface area contributed by atoms with Gasteiger partial charge >= 0.3 is 0 Å². The molecule has 30 heavy (non-hydrogen) atoms. The number of aromatic nitrogens is 2. The summed E-state index contributed by atoms with van der Waals surface area (Å²) in [5.74, 6) is 0. The van der Waals surface area contributed by atoms with E-state index in [-0.39, 0.29) is 0 Å². The van der Waals surface area contributed by atoms with Gasteiger partial charge < -0.3 is 9.80 Å². The minimum absolute atomic E-state index is 0.307. The van der Waals surface area contributed by atoms with Crippen LogP contribution < -0.4 is 9.80 Å². The molecule has 0 aliphatic carbocycles. The van der Waals surface area contributed by atoms with E-state index in [1.165, 1.54) is 16.5 Å². The van der Waals surface area contributed by atoms with Crippen LogP contribution in [0.2, 0.25) is 0 Å². The number of hydrogen-bond acceptors (Lipinski definition) is 8. The van der Waals surface area contributed by atoms with Crippen LogP contribution >= 0.6 is 22.7 Å². The molecule has 5 rings (SSSR count). The monoisotopic (exact) mass is 458 g/mol. The van der Waals surface area contributed by atoms with Crippen molar-refractivity contribution >= 4 is 63.2 Å². The molecule has 0 bridgehead atoms. The standard InChI is InChI=1S/C21H22N4O2S3/c1-3-14-7-8-15-17(13-14)29-20(22-15)24-9-11-25(12-10-24)21-23-19-16(28-21)5-4-6-18(19)30(2,26)27/h4-8,13H,3,9-12H2,1-2H3. The number of hydrogen-bond donors (Lipinski definition) is 0. The molecule has 1 aliphatic rings. The van der Waals surface area contributed by atoms with E-state index in [4.69, 9.17) is 4.98 Å². The summed E-state index contributed by atoms with van der Waals surface area (Å²) in [6.45, 7) is 5.59. The first-order chi connectivity index (χ1) is 14.4. The van der Waals surface area contributed by atoms with E-state index in [9.17, 15) is 8.42 Å². The summed E-state index contributed by atoms with van der Waals surface area (Å²) < 4.78 is 26.3. The Morgan fingerprint density at radius 2 is 1.60 bits per heavy atom. The van der Waals surface area contributed by atoms with Gasteiger partial charge in [-0.05, 0) is 36.2 Å². The molecule has 0 spiro atoms. The summed E-state index contributed by atoms with van der Waals surface area (Å²) in [6, 6.07) is 11.9. The van der Waals surface area contributed by atoms with Crippen molar-refractivity contribution in [3.05, 3.63) is 42.0 Å². The zero-order chi connectivity index (χ0) is 20.9. The maximum Gasteiger partial charge on any atom is 0.186 e. The first-order valence-electron chi connectivity index (χ1n) is 9.91. The summed E-state index contributed by atoms with van der Waals surface area (Å²) in [4.78, 5) is 14.4. The number of piperazine rings is 1. The molecule has 2 aromatic carbocycles. The molecule has 0 unspecified atom stereocenters. The molecule has 0 amide bonds. The third-order valence-corrected chi connectivity index (χ3v) is 8.73. The number of aryl methyl sites for hydroxylation is 1. The van der Waals surface area contributed by atoms with E-state index >= 15 is 0 Å². The predicted molar refractivity (Wildman–Crippen MR) is 126 cm³/mol. The van der Waals surface area contributed by atoms with Crippen molar-refractivity contribution in [2.45, 2.75) is 18.2 Å². The molecule has 0 radical (unpaired) electrons. The number of benzene rings is 2. The second kappa shape index (κ2) is 7.47. The molecule has 6 nitrogen and oxygen atoms in total. The van der Waals surface area contributed by atoms with E-state index in [0.29, 0.717) is 10.4 Å². The van der Waals surface area contributed by atoms with Crippen LogP contribution in [0.3, 0.4) is 0 Å². The molecule has 156 valence electrons. The van der Waals surface area contributed by atoms with Crippen molar-refractivity contribution in [2.75, 3.05) is 42.2 Å². The Kier molecular flexibility index (Phi) is 4.91. The van der Waals surface area contributed by atoms with Crippen LogP contribution in [0.15, 0.2) is 41.3 Å². The summed E-state index contributed by atoms with van der Waals surface area (Å²) in [5.41, 5.74) is 2.99. The van der Waals surface area contributed by atoms with Crippen LogP contribution in [0.25, 0.3) is 20.4 Å². The molecule has 1 fully saturated rings. The van der Waals surface area contributed by atoms with Gasteiger partial charge in [0, 0.05) is 32.4 Å². The Balaban J connectivity index is 1.36. The smallest absolute Gasteiger partial charge is 0.186 e. The molecule has 4 aromatic rings. The number of nitrogens with zero attached hydrogens (tertiary/aromatic N) is 4. The minimum Gasteiger partial charge on any atom is -0.345 e. The lowest BCUT2D eigenvalue weighted by molar-refractivity contribution is 0.602. The van der Waals surface area contributed by atoms with Crippen LogP contribution in [0.1, 0.15) is 12.5 Å². The summed E-state index contributed by atoms with van der Waals surface area (Å²) in [6.07, 6.45) is 2.27. The quantitative estimate of drug-likeness (QED) is 0.457. The third-order valence-electron chi connectivity index (χ3n) is 5.44. The van der Waals surface area contributed by atoms with Gasteiger partial charge in [0.25, 0.3) is 0 Å². The van der Waals surface area contributed by atoms with Gasteiger partial charge in [-0.25, -0.2) is 18.4 Å². The Morgan fingerprint density at radius 3 is 2.27 bits per heavy atom. The summed E-state index contributed by atoms with van der Waals surface area (Å²) in [7, 11) is -3.30. The molecule has 2 aromatic heterocycles. The molecular weight excluding hydrogens is 436 g/mol. The molecule has 9 heteroatoms. The second-order valence-corrected chi connectivity index (χ2v) is 11.5. The Morgan fingerprint density at radius 1 is 0.933 bits per heavy atom. The zero-order valence-electron chi connectivity index (χ0n) is 16.8. The van der Waals surface area contributed by atoms with E-state index in [1.54, 1.807) is 34.8 Å². The predicted octanol–water partition coefficient (Wildman–Crippen LogP) is 4.20. The number of fused-ring (bicyclic) bond motifs is 2. The number of anilines is 2. The van der Waals surface area contributed by atoms with E-state index < -0.39 is 9.84 Å². The largest absolute Gasteiger partial charge is 0.345 e. The van der Waals surface area contributed by atoms with Crippen molar-refractivity contribution in [1.82, 2.24) is 9.97 Å². The highest BCUT2D eigenvalue weighted by Crippen LogP contribution is 2.34. The normalized spacial score (nSPS) is 15.4. The molecule has 1 saturated heterocycles. The van der Waals surface area contributed by atoms with Crippen molar-refractivity contribution in [3.63, 3.8) is 0 Å². The first kappa shape index (κ1) is 19.7. The molecule has 0 N–H and O–H groups in total. The lowest BCUT2D eigenvalue weighted by Gasteiger charge is -2.34. The van der Waals surface area contributed by atoms with Crippen LogP contribution in [-0.4, -0.2) is 50.8 Å². The number of rotatable bonds is 4. The fourth-order valence-electron chi connectivity index (χ4n) is 3.75. The third kappa shape index (κ3) is 3.55. The van der Waals surface area contributed by atoms with Gasteiger partial charge in [-0.2, -0.15) is 0 Å². The molecule has 0 atom stereocenters. The summed E-state index contributed by atoms with van der Waals surface area (Å²) in [5, 5.41) is 1.96. The van der Waals surface area contributed by atoms with Gasteiger partial charge in [-0.15, -0.1) is 0 Å². The Hall–Kier alpha value is -2.23. The molecular formula is C21H22N4O2S3. The van der Waals surface area contributed by atoms with Crippen LogP contribution in [-0.2, 0) is 16.3 Å². The highest BCUT2D eigenvalue weighted by Gasteiger charge is 2.23. The number of thiazole rings is 2. The van der Waals surface area contributed by atoms with Gasteiger partial charge in [0.15, 0.2) is 20.1 Å². The SMILES string of the molecule is CCc1ccc2nc(N3CCN(c4nc5c(S(C)(=O)=O)cccc5s4)CC3)sc2c1. The minimum atomic E-state index is -3.30. The van der Waals surface area contributed by atoms with Gasteiger partial charge in [0.1, 0.15) is 5.52 Å².